The molecule has 0 saturated heterocycles. The molecule has 1 aromatic carbocycles. The van der Waals surface area contributed by atoms with Crippen LogP contribution in [0.25, 0.3) is 17.0 Å². The molecule has 126 valence electrons. The smallest absolute Gasteiger partial charge is 0.295 e. The largest absolute Gasteiger partial charge is 0.312 e. The fraction of sp³-hybridized carbons (Fsp3) is 0.333. The average Bonchev–Trinajstić information content (AvgIpc) is 3.02. The van der Waals surface area contributed by atoms with Crippen LogP contribution in [0.5, 0.6) is 0 Å². The fourth-order valence-corrected chi connectivity index (χ4v) is 2.91. The highest BCUT2D eigenvalue weighted by Crippen LogP contribution is 2.21. The second kappa shape index (κ2) is 6.77. The zero-order valence-electron chi connectivity index (χ0n) is 13.7. The van der Waals surface area contributed by atoms with Crippen molar-refractivity contribution in [2.45, 2.75) is 39.7 Å². The average molecular weight is 348 g/mol. The van der Waals surface area contributed by atoms with Crippen LogP contribution in [0.15, 0.2) is 35.3 Å². The van der Waals surface area contributed by atoms with Gasteiger partial charge in [-0.1, -0.05) is 43.5 Å². The van der Waals surface area contributed by atoms with Gasteiger partial charge in [-0.2, -0.15) is 4.39 Å². The van der Waals surface area contributed by atoms with E-state index in [1.165, 1.54) is 4.40 Å². The summed E-state index contributed by atoms with van der Waals surface area (Å²) < 4.78 is 17.4. The molecule has 0 fully saturated rings. The Kier molecular flexibility index (Phi) is 4.71. The zero-order valence-corrected chi connectivity index (χ0v) is 14.5. The van der Waals surface area contributed by atoms with E-state index in [4.69, 9.17) is 11.6 Å². The number of nitrogens with zero attached hydrogens (tertiary/aromatic N) is 3. The van der Waals surface area contributed by atoms with Crippen molar-refractivity contribution in [3.05, 3.63) is 57.3 Å². The van der Waals surface area contributed by atoms with Gasteiger partial charge in [0.2, 0.25) is 11.6 Å². The van der Waals surface area contributed by atoms with Gasteiger partial charge >= 0.3 is 0 Å². The molecule has 0 aliphatic heterocycles. The van der Waals surface area contributed by atoms with Gasteiger partial charge in [0.15, 0.2) is 0 Å². The van der Waals surface area contributed by atoms with Crippen LogP contribution in [0, 0.1) is 12.7 Å². The minimum absolute atomic E-state index is 0.330. The number of aromatic nitrogens is 3. The van der Waals surface area contributed by atoms with Crippen LogP contribution in [-0.2, 0) is 6.54 Å². The minimum atomic E-state index is -0.723. The Bertz CT molecular complexity index is 928. The number of benzene rings is 1. The van der Waals surface area contributed by atoms with Crippen LogP contribution >= 0.6 is 11.6 Å². The van der Waals surface area contributed by atoms with Gasteiger partial charge in [0, 0.05) is 23.3 Å². The third-order valence-electron chi connectivity index (χ3n) is 4.18. The highest BCUT2D eigenvalue weighted by Gasteiger charge is 2.17. The second-order valence-electron chi connectivity index (χ2n) is 5.87. The number of fused-ring (bicyclic) bond motifs is 1. The van der Waals surface area contributed by atoms with Crippen molar-refractivity contribution in [2.75, 3.05) is 0 Å². The van der Waals surface area contributed by atoms with E-state index in [9.17, 15) is 9.18 Å². The Morgan fingerprint density at radius 3 is 2.58 bits per heavy atom. The number of aryl methyl sites for hydroxylation is 1. The lowest BCUT2D eigenvalue weighted by Gasteiger charge is -2.12. The number of unbranched alkanes of at least 4 members (excludes halogenated alkanes) is 2. The van der Waals surface area contributed by atoms with E-state index in [1.807, 2.05) is 12.1 Å². The van der Waals surface area contributed by atoms with Gasteiger partial charge in [0.1, 0.15) is 0 Å². The number of halogens is 2. The van der Waals surface area contributed by atoms with Crippen molar-refractivity contribution in [3.63, 3.8) is 0 Å². The number of rotatable bonds is 5. The van der Waals surface area contributed by atoms with Crippen molar-refractivity contribution >= 4 is 17.4 Å². The van der Waals surface area contributed by atoms with E-state index in [0.717, 1.165) is 24.8 Å². The Morgan fingerprint density at radius 1 is 1.21 bits per heavy atom. The summed E-state index contributed by atoms with van der Waals surface area (Å²) in [6.45, 7) is 4.37. The maximum Gasteiger partial charge on any atom is 0.295 e. The first-order valence-corrected chi connectivity index (χ1v) is 8.44. The predicted molar refractivity (Wildman–Crippen MR) is 94.1 cm³/mol. The molecule has 0 bridgehead atoms. The van der Waals surface area contributed by atoms with Crippen LogP contribution in [0.1, 0.15) is 31.9 Å². The molecule has 0 atom stereocenters. The molecule has 2 aromatic heterocycles. The highest BCUT2D eigenvalue weighted by molar-refractivity contribution is 6.30. The van der Waals surface area contributed by atoms with Gasteiger partial charge in [-0.15, -0.1) is 0 Å². The lowest BCUT2D eigenvalue weighted by atomic mass is 10.2. The number of hydrogen-bond acceptors (Lipinski definition) is 2. The summed E-state index contributed by atoms with van der Waals surface area (Å²) in [5.74, 6) is -0.251. The molecule has 0 radical (unpaired) electrons. The summed E-state index contributed by atoms with van der Waals surface area (Å²) in [6, 6.07) is 7.19. The molecular formula is C18H19ClFN3O. The van der Waals surface area contributed by atoms with E-state index in [1.54, 1.807) is 29.8 Å². The molecule has 2 heterocycles. The van der Waals surface area contributed by atoms with Gasteiger partial charge in [-0.25, -0.2) is 9.38 Å². The summed E-state index contributed by atoms with van der Waals surface area (Å²) in [5, 5.41) is 0.628. The summed E-state index contributed by atoms with van der Waals surface area (Å²) in [7, 11) is 0. The van der Waals surface area contributed by atoms with Crippen molar-refractivity contribution in [3.8, 4) is 11.3 Å². The van der Waals surface area contributed by atoms with Gasteiger partial charge in [-0.05, 0) is 25.5 Å². The van der Waals surface area contributed by atoms with Gasteiger partial charge in [0.25, 0.3) is 5.56 Å². The molecule has 0 spiro atoms. The maximum atomic E-state index is 14.3. The lowest BCUT2D eigenvalue weighted by Crippen LogP contribution is -2.24. The quantitative estimate of drug-likeness (QED) is 0.639. The first-order valence-electron chi connectivity index (χ1n) is 8.07. The summed E-state index contributed by atoms with van der Waals surface area (Å²) in [4.78, 5) is 16.8. The van der Waals surface area contributed by atoms with Crippen LogP contribution in [0.2, 0.25) is 5.02 Å². The van der Waals surface area contributed by atoms with Crippen molar-refractivity contribution in [1.29, 1.82) is 0 Å². The zero-order chi connectivity index (χ0) is 17.3. The van der Waals surface area contributed by atoms with Crippen molar-refractivity contribution in [1.82, 2.24) is 14.0 Å². The normalized spacial score (nSPS) is 11.3. The van der Waals surface area contributed by atoms with Gasteiger partial charge in [0.05, 0.1) is 11.4 Å². The number of hydrogen-bond donors (Lipinski definition) is 0. The summed E-state index contributed by atoms with van der Waals surface area (Å²) >= 11 is 5.91. The molecule has 24 heavy (non-hydrogen) atoms. The molecule has 0 aliphatic rings. The van der Waals surface area contributed by atoms with Gasteiger partial charge in [-0.3, -0.25) is 4.79 Å². The predicted octanol–water partition coefficient (Wildman–Crippen LogP) is 4.45. The molecule has 0 saturated carbocycles. The monoisotopic (exact) mass is 347 g/mol. The first kappa shape index (κ1) is 16.7. The molecule has 3 rings (SSSR count). The molecule has 0 unspecified atom stereocenters. The molecule has 0 N–H and O–H groups in total. The van der Waals surface area contributed by atoms with Crippen LogP contribution < -0.4 is 5.56 Å². The molecular weight excluding hydrogens is 329 g/mol. The molecule has 6 heteroatoms. The maximum absolute atomic E-state index is 14.3. The SMILES string of the molecule is CCCCCn1c(C)c(F)c(=O)n2cc(-c3ccc(Cl)cc3)nc12. The van der Waals surface area contributed by atoms with E-state index in [2.05, 4.69) is 11.9 Å². The van der Waals surface area contributed by atoms with E-state index < -0.39 is 11.4 Å². The Hall–Kier alpha value is -2.14. The topological polar surface area (TPSA) is 39.3 Å². The molecule has 4 nitrogen and oxygen atoms in total. The molecule has 3 aromatic rings. The van der Waals surface area contributed by atoms with Crippen molar-refractivity contribution in [2.24, 2.45) is 0 Å². The Morgan fingerprint density at radius 2 is 1.92 bits per heavy atom. The first-order chi connectivity index (χ1) is 11.5. The second-order valence-corrected chi connectivity index (χ2v) is 6.30. The highest BCUT2D eigenvalue weighted by atomic mass is 35.5. The lowest BCUT2D eigenvalue weighted by molar-refractivity contribution is 0.529. The molecule has 0 amide bonds. The summed E-state index contributed by atoms with van der Waals surface area (Å²) in [5.41, 5.74) is 1.12. The third-order valence-corrected chi connectivity index (χ3v) is 4.44. The Labute approximate surface area is 144 Å². The minimum Gasteiger partial charge on any atom is -0.312 e. The van der Waals surface area contributed by atoms with Crippen LogP contribution in [0.4, 0.5) is 4.39 Å². The van der Waals surface area contributed by atoms with E-state index in [-0.39, 0.29) is 0 Å². The van der Waals surface area contributed by atoms with Crippen molar-refractivity contribution < 1.29 is 4.39 Å². The van der Waals surface area contributed by atoms with E-state index >= 15 is 0 Å². The van der Waals surface area contributed by atoms with E-state index in [0.29, 0.717) is 28.7 Å². The van der Waals surface area contributed by atoms with Gasteiger partial charge < -0.3 is 4.57 Å². The molecule has 0 aliphatic carbocycles. The summed E-state index contributed by atoms with van der Waals surface area (Å²) in [6.07, 6.45) is 4.62. The number of imidazole rings is 1. The van der Waals surface area contributed by atoms with Crippen LogP contribution in [0.3, 0.4) is 0 Å². The Balaban J connectivity index is 2.16. The third kappa shape index (κ3) is 2.96. The fourth-order valence-electron chi connectivity index (χ4n) is 2.79. The standard InChI is InChI=1S/C18H19ClFN3O/c1-3-4-5-10-22-12(2)16(20)17(24)23-11-15(21-18(22)23)13-6-8-14(19)9-7-13/h6-9,11H,3-5,10H2,1-2H3. The van der Waals surface area contributed by atoms with Crippen LogP contribution in [-0.4, -0.2) is 14.0 Å².